The van der Waals surface area contributed by atoms with Crippen molar-refractivity contribution in [2.45, 2.75) is 105 Å². The number of rotatable bonds is 14. The van der Waals surface area contributed by atoms with Gasteiger partial charge in [0.2, 0.25) is 0 Å². The standard InChI is InChI=1S/C30H48NO7P/c1-9-11-12-13-23-17-26(32)28(25-16-21(7)14-15-24(25)19(3)4)27(18-23)38-39(36,30(35)37-10-2)31(20(5)6)22(8)29(33)34/h16-18,20,22,24-25,27-28,32H,3,9-15H2,1-2,4-8H3,(H,33,34)/i7D3. The molecule has 0 aromatic rings. The molecule has 0 bridgehead atoms. The van der Waals surface area contributed by atoms with E-state index in [1.807, 2.05) is 6.92 Å². The third-order valence-electron chi connectivity index (χ3n) is 7.46. The molecule has 0 aliphatic heterocycles. The highest BCUT2D eigenvalue weighted by atomic mass is 31.2. The van der Waals surface area contributed by atoms with Crippen LogP contribution in [0.15, 0.2) is 47.3 Å². The highest BCUT2D eigenvalue weighted by Crippen LogP contribution is 2.58. The van der Waals surface area contributed by atoms with Gasteiger partial charge in [0.05, 0.1) is 24.4 Å². The summed E-state index contributed by atoms with van der Waals surface area (Å²) in [4.78, 5) is 25.5. The first-order valence-corrected chi connectivity index (χ1v) is 15.5. The lowest BCUT2D eigenvalue weighted by molar-refractivity contribution is -0.141. The molecule has 0 fully saturated rings. The summed E-state index contributed by atoms with van der Waals surface area (Å²) in [6.45, 7) is 11.7. The van der Waals surface area contributed by atoms with E-state index < -0.39 is 56.1 Å². The molecule has 8 nitrogen and oxygen atoms in total. The summed E-state index contributed by atoms with van der Waals surface area (Å²) < 4.78 is 51.3. The van der Waals surface area contributed by atoms with Gasteiger partial charge in [-0.2, -0.15) is 0 Å². The normalized spacial score (nSPS) is 27.3. The van der Waals surface area contributed by atoms with Crippen molar-refractivity contribution in [3.05, 3.63) is 47.3 Å². The number of nitrogens with zero attached hydrogens (tertiary/aromatic N) is 1. The van der Waals surface area contributed by atoms with Crippen molar-refractivity contribution in [1.82, 2.24) is 4.67 Å². The molecule has 0 heterocycles. The van der Waals surface area contributed by atoms with E-state index in [0.717, 1.165) is 35.1 Å². The zero-order valence-electron chi connectivity index (χ0n) is 27.2. The summed E-state index contributed by atoms with van der Waals surface area (Å²) in [6, 6.07) is -2.05. The SMILES string of the molecule is [2H]C([2H])([2H])C1=CC(C2C(O)=CC(CCCCC)=CC2OP(=O)(C(=O)OCC)N(C(C)C)C(C)C(=O)O)C(C(=C)C)CC1. The van der Waals surface area contributed by atoms with E-state index in [2.05, 4.69) is 13.5 Å². The van der Waals surface area contributed by atoms with Gasteiger partial charge in [0.15, 0.2) is 0 Å². The van der Waals surface area contributed by atoms with Crippen molar-refractivity contribution in [3.63, 3.8) is 0 Å². The first-order chi connectivity index (χ1) is 19.5. The van der Waals surface area contributed by atoms with Gasteiger partial charge in [-0.3, -0.25) is 9.36 Å². The Kier molecular flexibility index (Phi) is 10.5. The third kappa shape index (κ3) is 7.96. The number of unbranched alkanes of at least 4 members (excludes halogenated alkanes) is 2. The van der Waals surface area contributed by atoms with Gasteiger partial charge in [0.25, 0.3) is 0 Å². The summed E-state index contributed by atoms with van der Waals surface area (Å²) in [7, 11) is -4.68. The number of carbonyl (C=O) groups is 2. The Morgan fingerprint density at radius 3 is 2.49 bits per heavy atom. The van der Waals surface area contributed by atoms with Gasteiger partial charge in [-0.15, -0.1) is 0 Å². The minimum Gasteiger partial charge on any atom is -0.512 e. The van der Waals surface area contributed by atoms with Crippen LogP contribution in [0.1, 0.15) is 91.0 Å². The van der Waals surface area contributed by atoms with Crippen LogP contribution in [0.2, 0.25) is 0 Å². The Balaban J connectivity index is 2.77. The molecule has 0 saturated heterocycles. The van der Waals surface area contributed by atoms with Crippen LogP contribution in [0, 0.1) is 17.8 Å². The van der Waals surface area contributed by atoms with Crippen molar-refractivity contribution < 1.29 is 37.7 Å². The van der Waals surface area contributed by atoms with Crippen LogP contribution in [0.4, 0.5) is 4.79 Å². The predicted octanol–water partition coefficient (Wildman–Crippen LogP) is 8.03. The second-order valence-electron chi connectivity index (χ2n) is 10.8. The minimum atomic E-state index is -4.68. The van der Waals surface area contributed by atoms with Crippen molar-refractivity contribution >= 4 is 19.2 Å². The van der Waals surface area contributed by atoms with Crippen molar-refractivity contribution in [2.75, 3.05) is 6.61 Å². The minimum absolute atomic E-state index is 0.0777. The van der Waals surface area contributed by atoms with Gasteiger partial charge in [0, 0.05) is 10.2 Å². The number of aliphatic hydroxyl groups excluding tert-OH is 1. The first kappa shape index (κ1) is 28.4. The molecule has 6 atom stereocenters. The van der Waals surface area contributed by atoms with Crippen molar-refractivity contribution in [3.8, 4) is 0 Å². The molecule has 2 rings (SSSR count). The Morgan fingerprint density at radius 1 is 1.26 bits per heavy atom. The second kappa shape index (κ2) is 14.5. The molecule has 0 amide bonds. The largest absolute Gasteiger partial charge is 0.512 e. The fourth-order valence-electron chi connectivity index (χ4n) is 5.58. The van der Waals surface area contributed by atoms with Gasteiger partial charge in [0.1, 0.15) is 6.04 Å². The van der Waals surface area contributed by atoms with Gasteiger partial charge >= 0.3 is 19.2 Å². The Labute approximate surface area is 238 Å². The van der Waals surface area contributed by atoms with Crippen LogP contribution in [0.5, 0.6) is 0 Å². The molecule has 0 radical (unpaired) electrons. The maximum Gasteiger partial charge on any atom is 0.407 e. The van der Waals surface area contributed by atoms with E-state index in [1.54, 1.807) is 39.0 Å². The Bertz CT molecular complexity index is 1140. The lowest BCUT2D eigenvalue weighted by Gasteiger charge is -2.42. The summed E-state index contributed by atoms with van der Waals surface area (Å²) in [5.74, 6) is -3.10. The van der Waals surface area contributed by atoms with Crippen molar-refractivity contribution in [1.29, 1.82) is 0 Å². The highest BCUT2D eigenvalue weighted by molar-refractivity contribution is 7.73. The van der Waals surface area contributed by atoms with Gasteiger partial charge in [-0.05, 0) is 90.6 Å². The zero-order valence-corrected chi connectivity index (χ0v) is 25.1. The number of ether oxygens (including phenoxy) is 1. The molecule has 39 heavy (non-hydrogen) atoms. The van der Waals surface area contributed by atoms with E-state index in [1.165, 1.54) is 6.92 Å². The van der Waals surface area contributed by atoms with E-state index >= 15 is 0 Å². The Morgan fingerprint density at radius 2 is 1.95 bits per heavy atom. The lowest BCUT2D eigenvalue weighted by Crippen LogP contribution is -2.45. The van der Waals surface area contributed by atoms with E-state index in [0.29, 0.717) is 19.3 Å². The molecule has 9 heteroatoms. The van der Waals surface area contributed by atoms with Crippen molar-refractivity contribution in [2.24, 2.45) is 17.8 Å². The number of carboxylic acid groups (broad SMARTS) is 1. The predicted molar refractivity (Wildman–Crippen MR) is 155 cm³/mol. The molecular weight excluding hydrogens is 517 g/mol. The molecule has 2 aliphatic rings. The van der Waals surface area contributed by atoms with Crippen LogP contribution >= 0.6 is 7.52 Å². The van der Waals surface area contributed by atoms with Crippen LogP contribution in [0.25, 0.3) is 0 Å². The average Bonchev–Trinajstić information content (AvgIpc) is 2.87. The van der Waals surface area contributed by atoms with Crippen LogP contribution in [-0.2, 0) is 18.6 Å². The molecule has 6 unspecified atom stereocenters. The summed E-state index contributed by atoms with van der Waals surface area (Å²) in [6.07, 6.45) is 8.03. The molecule has 0 saturated carbocycles. The molecule has 2 aliphatic carbocycles. The number of carbonyl (C=O) groups excluding carboxylic acids is 1. The van der Waals surface area contributed by atoms with Crippen LogP contribution in [-0.4, -0.2) is 51.4 Å². The number of aliphatic carboxylic acids is 1. The molecule has 2 N–H and O–H groups in total. The number of allylic oxidation sites excluding steroid dienone is 5. The molecule has 0 aromatic heterocycles. The Hall–Kier alpha value is -2.15. The monoisotopic (exact) mass is 568 g/mol. The molecule has 0 aromatic carbocycles. The fraction of sp³-hybridized carbons (Fsp3) is 0.667. The lowest BCUT2D eigenvalue weighted by atomic mass is 9.68. The summed E-state index contributed by atoms with van der Waals surface area (Å²) >= 11 is 0. The van der Waals surface area contributed by atoms with Gasteiger partial charge in [-0.25, -0.2) is 9.46 Å². The smallest absolute Gasteiger partial charge is 0.407 e. The quantitative estimate of drug-likeness (QED) is 0.123. The van der Waals surface area contributed by atoms with Crippen LogP contribution < -0.4 is 0 Å². The van der Waals surface area contributed by atoms with Gasteiger partial charge in [-0.1, -0.05) is 49.6 Å². The van der Waals surface area contributed by atoms with Gasteiger partial charge < -0.3 is 19.5 Å². The average molecular weight is 569 g/mol. The first-order valence-electron chi connectivity index (χ1n) is 15.4. The van der Waals surface area contributed by atoms with E-state index in [4.69, 9.17) is 13.4 Å². The summed E-state index contributed by atoms with van der Waals surface area (Å²) in [5, 5.41) is 21.4. The highest BCUT2D eigenvalue weighted by Gasteiger charge is 2.51. The third-order valence-corrected chi connectivity index (χ3v) is 9.99. The summed E-state index contributed by atoms with van der Waals surface area (Å²) in [5.41, 5.74) is 0.593. The molecule has 0 spiro atoms. The number of carboxylic acids is 1. The fourth-order valence-corrected chi connectivity index (χ4v) is 7.94. The zero-order chi connectivity index (χ0) is 32.0. The molecule has 220 valence electrons. The second-order valence-corrected chi connectivity index (χ2v) is 12.9. The van der Waals surface area contributed by atoms with Crippen LogP contribution in [0.3, 0.4) is 0 Å². The number of hydrogen-bond acceptors (Lipinski definition) is 6. The topological polar surface area (TPSA) is 113 Å². The van der Waals surface area contributed by atoms with E-state index in [-0.39, 0.29) is 23.9 Å². The number of aliphatic hydroxyl groups is 1. The molecular formula is C30H48NO7P. The van der Waals surface area contributed by atoms with E-state index in [9.17, 15) is 24.4 Å². The maximum atomic E-state index is 14.7. The maximum absolute atomic E-state index is 14.7. The number of hydrogen-bond donors (Lipinski definition) is 2.